The summed E-state index contributed by atoms with van der Waals surface area (Å²) in [4.78, 5) is 10.8. The maximum Gasteiger partial charge on any atom is 0.304 e. The highest BCUT2D eigenvalue weighted by Gasteiger charge is 2.24. The van der Waals surface area contributed by atoms with Crippen molar-refractivity contribution in [1.82, 2.24) is 0 Å². The SMILES string of the molecule is O=C(O)CC(Br)C(c1ccccc1)c1ccccc1. The van der Waals surface area contributed by atoms with Gasteiger partial charge in [-0.15, -0.1) is 0 Å². The Hall–Kier alpha value is -1.61. The van der Waals surface area contributed by atoms with Crippen molar-refractivity contribution >= 4 is 21.9 Å². The Morgan fingerprint density at radius 2 is 1.37 bits per heavy atom. The summed E-state index contributed by atoms with van der Waals surface area (Å²) in [6.07, 6.45) is 0.0917. The summed E-state index contributed by atoms with van der Waals surface area (Å²) in [5, 5.41) is 9.00. The summed E-state index contributed by atoms with van der Waals surface area (Å²) in [6.45, 7) is 0. The molecule has 1 N–H and O–H groups in total. The van der Waals surface area contributed by atoms with Gasteiger partial charge in [-0.1, -0.05) is 76.6 Å². The van der Waals surface area contributed by atoms with E-state index in [1.165, 1.54) is 0 Å². The fraction of sp³-hybridized carbons (Fsp3) is 0.188. The van der Waals surface area contributed by atoms with Crippen LogP contribution in [0.25, 0.3) is 0 Å². The molecule has 0 heterocycles. The van der Waals surface area contributed by atoms with Gasteiger partial charge in [0.15, 0.2) is 0 Å². The molecule has 0 fully saturated rings. The average Bonchev–Trinajstić information content (AvgIpc) is 2.40. The van der Waals surface area contributed by atoms with E-state index in [2.05, 4.69) is 15.9 Å². The van der Waals surface area contributed by atoms with Crippen molar-refractivity contribution < 1.29 is 9.90 Å². The quantitative estimate of drug-likeness (QED) is 0.844. The van der Waals surface area contributed by atoms with E-state index in [9.17, 15) is 4.79 Å². The third-order valence-electron chi connectivity index (χ3n) is 3.05. The van der Waals surface area contributed by atoms with Crippen molar-refractivity contribution in [2.24, 2.45) is 0 Å². The summed E-state index contributed by atoms with van der Waals surface area (Å²) in [5.74, 6) is -0.753. The third kappa shape index (κ3) is 3.67. The first-order valence-corrected chi connectivity index (χ1v) is 7.06. The topological polar surface area (TPSA) is 37.3 Å². The Balaban J connectivity index is 2.37. The molecule has 0 amide bonds. The lowest BCUT2D eigenvalue weighted by atomic mass is 9.87. The van der Waals surface area contributed by atoms with Crippen LogP contribution in [-0.2, 0) is 4.79 Å². The van der Waals surface area contributed by atoms with Crippen LogP contribution in [0.1, 0.15) is 23.5 Å². The minimum Gasteiger partial charge on any atom is -0.481 e. The van der Waals surface area contributed by atoms with E-state index < -0.39 is 5.97 Å². The first-order valence-electron chi connectivity index (χ1n) is 6.14. The van der Waals surface area contributed by atoms with Crippen molar-refractivity contribution in [2.75, 3.05) is 0 Å². The van der Waals surface area contributed by atoms with E-state index >= 15 is 0 Å². The van der Waals surface area contributed by atoms with Gasteiger partial charge in [0.25, 0.3) is 0 Å². The fourth-order valence-corrected chi connectivity index (χ4v) is 3.10. The van der Waals surface area contributed by atoms with E-state index in [1.807, 2.05) is 60.7 Å². The normalized spacial score (nSPS) is 12.3. The molecule has 0 aliphatic rings. The summed E-state index contributed by atoms with van der Waals surface area (Å²) < 4.78 is 0. The van der Waals surface area contributed by atoms with Gasteiger partial charge < -0.3 is 5.11 Å². The van der Waals surface area contributed by atoms with Gasteiger partial charge in [0.2, 0.25) is 0 Å². The molecule has 3 heteroatoms. The highest BCUT2D eigenvalue weighted by molar-refractivity contribution is 9.09. The minimum atomic E-state index is -0.793. The minimum absolute atomic E-state index is 0.0403. The van der Waals surface area contributed by atoms with Crippen LogP contribution in [0.5, 0.6) is 0 Å². The summed E-state index contributed by atoms with van der Waals surface area (Å²) in [7, 11) is 0. The lowest BCUT2D eigenvalue weighted by Gasteiger charge is -2.22. The summed E-state index contributed by atoms with van der Waals surface area (Å²) >= 11 is 3.54. The molecule has 0 spiro atoms. The van der Waals surface area contributed by atoms with Gasteiger partial charge in [-0.25, -0.2) is 0 Å². The molecule has 1 atom stereocenters. The predicted octanol–water partition coefficient (Wildman–Crippen LogP) is 4.06. The maximum absolute atomic E-state index is 10.9. The Morgan fingerprint density at radius 3 is 1.74 bits per heavy atom. The number of benzene rings is 2. The van der Waals surface area contributed by atoms with Crippen molar-refractivity contribution in [2.45, 2.75) is 17.2 Å². The number of hydrogen-bond donors (Lipinski definition) is 1. The highest BCUT2D eigenvalue weighted by Crippen LogP contribution is 2.33. The number of rotatable bonds is 5. The van der Waals surface area contributed by atoms with Crippen molar-refractivity contribution in [3.05, 3.63) is 71.8 Å². The molecule has 0 saturated carbocycles. The Morgan fingerprint density at radius 1 is 0.947 bits per heavy atom. The summed E-state index contributed by atoms with van der Waals surface area (Å²) in [5.41, 5.74) is 2.24. The van der Waals surface area contributed by atoms with Gasteiger partial charge in [0.05, 0.1) is 6.42 Å². The molecule has 2 rings (SSSR count). The third-order valence-corrected chi connectivity index (χ3v) is 3.90. The predicted molar refractivity (Wildman–Crippen MR) is 79.7 cm³/mol. The molecule has 2 aromatic rings. The Kier molecular flexibility index (Phi) is 4.74. The van der Waals surface area contributed by atoms with Crippen LogP contribution in [0.15, 0.2) is 60.7 Å². The second kappa shape index (κ2) is 6.53. The molecule has 0 aromatic heterocycles. The van der Waals surface area contributed by atoms with Crippen LogP contribution in [-0.4, -0.2) is 15.9 Å². The molecular weight excluding hydrogens is 304 g/mol. The van der Waals surface area contributed by atoms with Crippen molar-refractivity contribution in [1.29, 1.82) is 0 Å². The van der Waals surface area contributed by atoms with Gasteiger partial charge in [-0.2, -0.15) is 0 Å². The lowest BCUT2D eigenvalue weighted by molar-refractivity contribution is -0.136. The zero-order chi connectivity index (χ0) is 13.7. The number of carboxylic acid groups (broad SMARTS) is 1. The highest BCUT2D eigenvalue weighted by atomic mass is 79.9. The molecule has 0 radical (unpaired) electrons. The molecule has 1 unspecified atom stereocenters. The van der Waals surface area contributed by atoms with Crippen molar-refractivity contribution in [3.8, 4) is 0 Å². The van der Waals surface area contributed by atoms with E-state index in [4.69, 9.17) is 5.11 Å². The number of alkyl halides is 1. The first kappa shape index (κ1) is 13.8. The van der Waals surface area contributed by atoms with Crippen LogP contribution >= 0.6 is 15.9 Å². The molecule has 19 heavy (non-hydrogen) atoms. The van der Waals surface area contributed by atoms with Crippen LogP contribution in [0, 0.1) is 0 Å². The van der Waals surface area contributed by atoms with Crippen molar-refractivity contribution in [3.63, 3.8) is 0 Å². The first-order chi connectivity index (χ1) is 9.18. The van der Waals surface area contributed by atoms with E-state index in [0.29, 0.717) is 0 Å². The molecule has 0 saturated heterocycles. The largest absolute Gasteiger partial charge is 0.481 e. The van der Waals surface area contributed by atoms with Gasteiger partial charge in [0.1, 0.15) is 0 Å². The molecule has 2 aromatic carbocycles. The van der Waals surface area contributed by atoms with Gasteiger partial charge in [0, 0.05) is 10.7 Å². The molecule has 98 valence electrons. The lowest BCUT2D eigenvalue weighted by Crippen LogP contribution is -2.17. The number of hydrogen-bond acceptors (Lipinski definition) is 1. The van der Waals surface area contributed by atoms with Gasteiger partial charge >= 0.3 is 5.97 Å². The number of halogens is 1. The number of carboxylic acids is 1. The Bertz CT molecular complexity index is 485. The van der Waals surface area contributed by atoms with Crippen LogP contribution in [0.4, 0.5) is 0 Å². The van der Waals surface area contributed by atoms with E-state index in [0.717, 1.165) is 11.1 Å². The standard InChI is InChI=1S/C16H15BrO2/c17-14(11-15(18)19)16(12-7-3-1-4-8-12)13-9-5-2-6-10-13/h1-10,14,16H,11H2,(H,18,19). The monoisotopic (exact) mass is 318 g/mol. The van der Waals surface area contributed by atoms with Crippen LogP contribution < -0.4 is 0 Å². The zero-order valence-electron chi connectivity index (χ0n) is 10.4. The molecule has 2 nitrogen and oxygen atoms in total. The maximum atomic E-state index is 10.9. The van der Waals surface area contributed by atoms with Gasteiger partial charge in [-0.05, 0) is 11.1 Å². The molecule has 0 aliphatic carbocycles. The Labute approximate surface area is 121 Å². The number of aliphatic carboxylic acids is 1. The van der Waals surface area contributed by atoms with Gasteiger partial charge in [-0.3, -0.25) is 4.79 Å². The molecular formula is C16H15BrO2. The van der Waals surface area contributed by atoms with E-state index in [1.54, 1.807) is 0 Å². The second-order valence-corrected chi connectivity index (χ2v) is 5.59. The molecule has 0 bridgehead atoms. The van der Waals surface area contributed by atoms with Crippen LogP contribution in [0.3, 0.4) is 0 Å². The van der Waals surface area contributed by atoms with E-state index in [-0.39, 0.29) is 17.2 Å². The zero-order valence-corrected chi connectivity index (χ0v) is 12.0. The number of carbonyl (C=O) groups is 1. The average molecular weight is 319 g/mol. The van der Waals surface area contributed by atoms with Crippen LogP contribution in [0.2, 0.25) is 0 Å². The second-order valence-electron chi connectivity index (χ2n) is 4.41. The molecule has 0 aliphatic heterocycles. The smallest absolute Gasteiger partial charge is 0.304 e. The fourth-order valence-electron chi connectivity index (χ4n) is 2.22. The summed E-state index contributed by atoms with van der Waals surface area (Å²) in [6, 6.07) is 20.0.